The molecular weight excluding hydrogens is 739 g/mol. The lowest BCUT2D eigenvalue weighted by Crippen LogP contribution is -2.25. The van der Waals surface area contributed by atoms with Crippen molar-refractivity contribution in [3.8, 4) is 11.1 Å². The van der Waals surface area contributed by atoms with E-state index in [2.05, 4.69) is 236 Å². The van der Waals surface area contributed by atoms with E-state index in [4.69, 9.17) is 9.49 Å². The Balaban J connectivity index is 1.23. The first kappa shape index (κ1) is 39.1. The van der Waals surface area contributed by atoms with Crippen LogP contribution in [0.3, 0.4) is 0 Å². The molecule has 286 valence electrons. The Kier molecular flexibility index (Phi) is 11.2. The summed E-state index contributed by atoms with van der Waals surface area (Å²) in [5.74, 6) is 0. The van der Waals surface area contributed by atoms with Crippen molar-refractivity contribution >= 4 is 57.3 Å². The Bertz CT molecular complexity index is 2330. The van der Waals surface area contributed by atoms with Crippen LogP contribution in [0.2, 0.25) is 0 Å². The molecule has 0 saturated heterocycles. The van der Waals surface area contributed by atoms with E-state index in [-0.39, 0.29) is 0 Å². The third-order valence-corrected chi connectivity index (χ3v) is 18.4. The van der Waals surface area contributed by atoms with Gasteiger partial charge in [-0.2, -0.15) is 0 Å². The Morgan fingerprint density at radius 3 is 0.569 bits per heavy atom. The normalized spacial score (nSPS) is 11.6. The van der Waals surface area contributed by atoms with Gasteiger partial charge in [0.05, 0.1) is 25.5 Å². The van der Waals surface area contributed by atoms with E-state index < -0.39 is 14.1 Å². The van der Waals surface area contributed by atoms with Crippen molar-refractivity contribution in [2.24, 2.45) is 9.49 Å². The van der Waals surface area contributed by atoms with Crippen LogP contribution in [0.1, 0.15) is 33.4 Å². The quantitative estimate of drug-likeness (QED) is 0.130. The first-order valence-electron chi connectivity index (χ1n) is 20.0. The molecule has 0 spiro atoms. The van der Waals surface area contributed by atoms with Gasteiger partial charge in [-0.1, -0.05) is 203 Å². The van der Waals surface area contributed by atoms with Gasteiger partial charge in [0.1, 0.15) is 0 Å². The summed E-state index contributed by atoms with van der Waals surface area (Å²) in [4.78, 5) is 0. The minimum absolute atomic E-state index is 0.967. The van der Waals surface area contributed by atoms with Crippen LogP contribution in [0.4, 0.5) is 11.4 Å². The highest BCUT2D eigenvalue weighted by atomic mass is 31.2. The molecule has 4 heteroatoms. The fourth-order valence-electron chi connectivity index (χ4n) is 7.59. The lowest BCUT2D eigenvalue weighted by Gasteiger charge is -2.27. The zero-order valence-corrected chi connectivity index (χ0v) is 36.1. The smallest absolute Gasteiger partial charge is 0.0625 e. The molecule has 0 saturated carbocycles. The lowest BCUT2D eigenvalue weighted by atomic mass is 10.1. The van der Waals surface area contributed by atoms with Gasteiger partial charge in [-0.25, -0.2) is 0 Å². The van der Waals surface area contributed by atoms with Crippen molar-refractivity contribution in [2.75, 3.05) is 0 Å². The van der Waals surface area contributed by atoms with Gasteiger partial charge in [0.15, 0.2) is 0 Å². The first-order chi connectivity index (χ1) is 28.1. The van der Waals surface area contributed by atoms with E-state index in [0.29, 0.717) is 0 Å². The van der Waals surface area contributed by atoms with Gasteiger partial charge in [-0.15, -0.1) is 0 Å². The molecule has 0 bridgehead atoms. The first-order valence-corrected chi connectivity index (χ1v) is 23.5. The fourth-order valence-corrected chi connectivity index (χ4v) is 14.5. The fraction of sp³-hybridized carbons (Fsp3) is 0.111. The summed E-state index contributed by atoms with van der Waals surface area (Å²) < 4.78 is 11.6. The molecule has 0 amide bonds. The standard InChI is InChI=1S/C54H50N2P2/c1-39-7-27-49(28-8-39)57(50-29-9-40(2)10-30-50,51-31-11-41(3)12-32-51)55-47-23-19-45(20-24-47)46-21-25-48(26-22-46)56-58(52-33-13-42(4)14-34-52,53-35-15-43(5)16-36-53)54-37-17-44(6)18-38-54/h7-38H,1-6H3. The Morgan fingerprint density at radius 2 is 0.397 bits per heavy atom. The summed E-state index contributed by atoms with van der Waals surface area (Å²) >= 11 is 0. The van der Waals surface area contributed by atoms with Crippen LogP contribution in [-0.4, -0.2) is 0 Å². The highest BCUT2D eigenvalue weighted by molar-refractivity contribution is 7.88. The zero-order chi connectivity index (χ0) is 40.3. The number of aryl methyl sites for hydroxylation is 6. The molecule has 0 fully saturated rings. The van der Waals surface area contributed by atoms with Gasteiger partial charge in [0.25, 0.3) is 0 Å². The average molecular weight is 789 g/mol. The van der Waals surface area contributed by atoms with Crippen molar-refractivity contribution in [3.63, 3.8) is 0 Å². The monoisotopic (exact) mass is 788 g/mol. The summed E-state index contributed by atoms with van der Waals surface area (Å²) in [6.45, 7) is 12.9. The minimum atomic E-state index is -2.42. The topological polar surface area (TPSA) is 24.7 Å². The molecule has 0 unspecified atom stereocenters. The number of hydrogen-bond acceptors (Lipinski definition) is 2. The van der Waals surface area contributed by atoms with Crippen LogP contribution >= 0.6 is 14.1 Å². The van der Waals surface area contributed by atoms with Gasteiger partial charge in [-0.3, -0.25) is 9.49 Å². The van der Waals surface area contributed by atoms with Crippen LogP contribution in [-0.2, 0) is 0 Å². The SMILES string of the molecule is Cc1ccc(P(=Nc2ccc(-c3ccc(N=P(c4ccc(C)cc4)(c4ccc(C)cc4)c4ccc(C)cc4)cc3)cc2)(c2ccc(C)cc2)c2ccc(C)cc2)cc1. The van der Waals surface area contributed by atoms with E-state index in [1.807, 2.05) is 0 Å². The van der Waals surface area contributed by atoms with Gasteiger partial charge in [0.2, 0.25) is 0 Å². The summed E-state index contributed by atoms with van der Waals surface area (Å²) in [5.41, 5.74) is 11.7. The van der Waals surface area contributed by atoms with E-state index in [0.717, 1.165) is 22.5 Å². The molecule has 58 heavy (non-hydrogen) atoms. The largest absolute Gasteiger partial charge is 0.254 e. The van der Waals surface area contributed by atoms with Crippen LogP contribution in [0, 0.1) is 41.5 Å². The maximum atomic E-state index is 5.78. The number of hydrogen-bond donors (Lipinski definition) is 0. The third-order valence-electron chi connectivity index (χ3n) is 11.0. The minimum Gasteiger partial charge on any atom is -0.254 e. The molecular formula is C54H50N2P2. The third kappa shape index (κ3) is 7.88. The van der Waals surface area contributed by atoms with Crippen molar-refractivity contribution in [3.05, 3.63) is 228 Å². The van der Waals surface area contributed by atoms with Crippen molar-refractivity contribution in [1.29, 1.82) is 0 Å². The molecule has 0 atom stereocenters. The molecule has 0 aliphatic rings. The predicted molar refractivity (Wildman–Crippen MR) is 255 cm³/mol. The van der Waals surface area contributed by atoms with Crippen molar-refractivity contribution in [2.45, 2.75) is 41.5 Å². The molecule has 2 nitrogen and oxygen atoms in total. The number of rotatable bonds is 9. The van der Waals surface area contributed by atoms with Crippen LogP contribution < -0.4 is 31.8 Å². The second-order valence-electron chi connectivity index (χ2n) is 15.6. The predicted octanol–water partition coefficient (Wildman–Crippen LogP) is 12.8. The van der Waals surface area contributed by atoms with Crippen LogP contribution in [0.15, 0.2) is 204 Å². The maximum absolute atomic E-state index is 5.78. The van der Waals surface area contributed by atoms with Crippen molar-refractivity contribution < 1.29 is 0 Å². The van der Waals surface area contributed by atoms with Gasteiger partial charge < -0.3 is 0 Å². The Labute approximate surface area is 345 Å². The molecule has 0 aliphatic heterocycles. The van der Waals surface area contributed by atoms with E-state index in [1.54, 1.807) is 0 Å². The summed E-state index contributed by atoms with van der Waals surface area (Å²) in [5, 5.41) is 7.47. The molecule has 8 rings (SSSR count). The molecule has 0 radical (unpaired) electrons. The second kappa shape index (κ2) is 16.6. The van der Waals surface area contributed by atoms with Gasteiger partial charge >= 0.3 is 0 Å². The molecule has 0 N–H and O–H groups in total. The van der Waals surface area contributed by atoms with Gasteiger partial charge in [0, 0.05) is 31.8 Å². The number of benzene rings is 8. The van der Waals surface area contributed by atoms with E-state index in [1.165, 1.54) is 65.2 Å². The lowest BCUT2D eigenvalue weighted by molar-refractivity contribution is 1.47. The molecule has 0 aliphatic carbocycles. The molecule has 0 aromatic heterocycles. The molecule has 8 aromatic rings. The second-order valence-corrected chi connectivity index (χ2v) is 21.6. The maximum Gasteiger partial charge on any atom is 0.0625 e. The zero-order valence-electron chi connectivity index (χ0n) is 34.3. The number of nitrogens with zero attached hydrogens (tertiary/aromatic N) is 2. The van der Waals surface area contributed by atoms with Crippen LogP contribution in [0.25, 0.3) is 11.1 Å². The highest BCUT2D eigenvalue weighted by Gasteiger charge is 2.29. The van der Waals surface area contributed by atoms with Crippen molar-refractivity contribution in [1.82, 2.24) is 0 Å². The summed E-state index contributed by atoms with van der Waals surface area (Å²) in [7, 11) is -4.84. The van der Waals surface area contributed by atoms with Gasteiger partial charge in [-0.05, 0) is 76.9 Å². The summed E-state index contributed by atoms with van der Waals surface area (Å²) in [6.07, 6.45) is 0. The Hall–Kier alpha value is -5.78. The Morgan fingerprint density at radius 1 is 0.224 bits per heavy atom. The highest BCUT2D eigenvalue weighted by Crippen LogP contribution is 2.51. The molecule has 0 heterocycles. The summed E-state index contributed by atoms with van der Waals surface area (Å²) in [6, 6.07) is 71.5. The average Bonchev–Trinajstić information content (AvgIpc) is 3.24. The van der Waals surface area contributed by atoms with E-state index >= 15 is 0 Å². The van der Waals surface area contributed by atoms with E-state index in [9.17, 15) is 0 Å². The van der Waals surface area contributed by atoms with Crippen LogP contribution in [0.5, 0.6) is 0 Å². The molecule has 8 aromatic carbocycles.